The Kier molecular flexibility index (Phi) is 7.72. The van der Waals surface area contributed by atoms with Gasteiger partial charge in [0.2, 0.25) is 5.91 Å². The molecule has 24 heavy (non-hydrogen) atoms. The van der Waals surface area contributed by atoms with E-state index in [2.05, 4.69) is 10.6 Å². The summed E-state index contributed by atoms with van der Waals surface area (Å²) in [6, 6.07) is 2.37. The molecule has 1 heterocycles. The lowest BCUT2D eigenvalue weighted by Gasteiger charge is -2.22. The molecule has 0 atom stereocenters. The molecule has 1 saturated carbocycles. The summed E-state index contributed by atoms with van der Waals surface area (Å²) in [6.45, 7) is 4.81. The maximum atomic E-state index is 12.2. The number of amides is 1. The quantitative estimate of drug-likeness (QED) is 0.700. The van der Waals surface area contributed by atoms with E-state index in [9.17, 15) is 9.59 Å². The number of hydrogen-bond donors (Lipinski definition) is 2. The summed E-state index contributed by atoms with van der Waals surface area (Å²) in [5.74, 6) is -0.433. The van der Waals surface area contributed by atoms with Crippen LogP contribution < -0.4 is 10.6 Å². The molecule has 1 fully saturated rings. The molecule has 1 aromatic rings. The smallest absolute Gasteiger partial charge is 0.341 e. The first-order chi connectivity index (χ1) is 11.6. The maximum absolute atomic E-state index is 12.2. The Morgan fingerprint density at radius 2 is 2.00 bits per heavy atom. The Morgan fingerprint density at radius 1 is 1.25 bits per heavy atom. The van der Waals surface area contributed by atoms with Crippen molar-refractivity contribution in [1.29, 1.82) is 0 Å². The lowest BCUT2D eigenvalue weighted by molar-refractivity contribution is -0.116. The Bertz CT molecular complexity index is 550. The van der Waals surface area contributed by atoms with E-state index in [1.807, 2.05) is 13.0 Å². The van der Waals surface area contributed by atoms with E-state index >= 15 is 0 Å². The minimum Gasteiger partial charge on any atom is -0.462 e. The Morgan fingerprint density at radius 3 is 2.67 bits per heavy atom. The summed E-state index contributed by atoms with van der Waals surface area (Å²) in [4.78, 5) is 25.3. The van der Waals surface area contributed by atoms with Crippen LogP contribution in [0.25, 0.3) is 0 Å². The third-order valence-electron chi connectivity index (χ3n) is 4.27. The van der Waals surface area contributed by atoms with Crippen LogP contribution in [0.5, 0.6) is 0 Å². The van der Waals surface area contributed by atoms with E-state index < -0.39 is 0 Å². The number of carbonyl (C=O) groups excluding carboxylic acids is 2. The topological polar surface area (TPSA) is 67.4 Å². The van der Waals surface area contributed by atoms with Crippen molar-refractivity contribution >= 4 is 28.2 Å². The molecule has 0 radical (unpaired) electrons. The van der Waals surface area contributed by atoms with Crippen molar-refractivity contribution in [1.82, 2.24) is 5.32 Å². The molecule has 134 valence electrons. The van der Waals surface area contributed by atoms with Crippen LogP contribution in [0.1, 0.15) is 67.6 Å². The first kappa shape index (κ1) is 18.9. The molecule has 0 aromatic carbocycles. The molecule has 5 nitrogen and oxygen atoms in total. The molecule has 2 rings (SSSR count). The van der Waals surface area contributed by atoms with Crippen LogP contribution in [0.2, 0.25) is 0 Å². The fourth-order valence-corrected chi connectivity index (χ4v) is 3.96. The van der Waals surface area contributed by atoms with E-state index in [1.165, 1.54) is 43.4 Å². The van der Waals surface area contributed by atoms with Crippen molar-refractivity contribution in [3.63, 3.8) is 0 Å². The number of nitrogens with one attached hydrogen (secondary N) is 2. The zero-order valence-electron chi connectivity index (χ0n) is 14.7. The van der Waals surface area contributed by atoms with Gasteiger partial charge in [0.15, 0.2) is 0 Å². The lowest BCUT2D eigenvalue weighted by atomic mass is 9.95. The molecule has 1 aromatic heterocycles. The van der Waals surface area contributed by atoms with Crippen molar-refractivity contribution in [2.75, 3.05) is 18.5 Å². The first-order valence-electron chi connectivity index (χ1n) is 8.97. The van der Waals surface area contributed by atoms with Crippen molar-refractivity contribution in [2.45, 2.75) is 64.8 Å². The van der Waals surface area contributed by atoms with Gasteiger partial charge in [0.25, 0.3) is 0 Å². The number of aryl methyl sites for hydroxylation is 1. The minimum absolute atomic E-state index is 0.0617. The number of hydrogen-bond acceptors (Lipinski definition) is 5. The van der Waals surface area contributed by atoms with Gasteiger partial charge in [-0.15, -0.1) is 11.3 Å². The van der Waals surface area contributed by atoms with E-state index in [4.69, 9.17) is 4.74 Å². The standard InChI is InChI=1S/C18H28N2O3S/c1-3-14-12-15(18(22)23-4-2)17(24-14)20-16(21)10-11-19-13-8-6-5-7-9-13/h12-13,19H,3-11H2,1-2H3,(H,20,21). The second-order valence-corrected chi connectivity index (χ2v) is 7.25. The fraction of sp³-hybridized carbons (Fsp3) is 0.667. The molecule has 1 aliphatic rings. The van der Waals surface area contributed by atoms with Crippen LogP contribution in [0.4, 0.5) is 5.00 Å². The summed E-state index contributed by atoms with van der Waals surface area (Å²) in [7, 11) is 0. The van der Waals surface area contributed by atoms with Gasteiger partial charge in [-0.3, -0.25) is 4.79 Å². The predicted molar refractivity (Wildman–Crippen MR) is 97.8 cm³/mol. The van der Waals surface area contributed by atoms with Crippen LogP contribution in [-0.2, 0) is 16.0 Å². The van der Waals surface area contributed by atoms with Crippen LogP contribution >= 0.6 is 11.3 Å². The van der Waals surface area contributed by atoms with Gasteiger partial charge in [-0.25, -0.2) is 4.79 Å². The van der Waals surface area contributed by atoms with Crippen molar-refractivity contribution < 1.29 is 14.3 Å². The summed E-state index contributed by atoms with van der Waals surface area (Å²) >= 11 is 1.45. The average molecular weight is 353 g/mol. The molecular formula is C18H28N2O3S. The summed E-state index contributed by atoms with van der Waals surface area (Å²) in [5.41, 5.74) is 0.465. The van der Waals surface area contributed by atoms with Gasteiger partial charge < -0.3 is 15.4 Å². The van der Waals surface area contributed by atoms with Gasteiger partial charge in [0, 0.05) is 23.9 Å². The average Bonchev–Trinajstić information content (AvgIpc) is 2.99. The maximum Gasteiger partial charge on any atom is 0.341 e. The highest BCUT2D eigenvalue weighted by Gasteiger charge is 2.19. The van der Waals surface area contributed by atoms with E-state index in [-0.39, 0.29) is 11.9 Å². The monoisotopic (exact) mass is 352 g/mol. The van der Waals surface area contributed by atoms with Gasteiger partial charge in [-0.05, 0) is 32.3 Å². The molecule has 0 spiro atoms. The summed E-state index contributed by atoms with van der Waals surface area (Å²) < 4.78 is 5.07. The third-order valence-corrected chi connectivity index (χ3v) is 5.46. The number of rotatable bonds is 8. The number of anilines is 1. The molecule has 0 aliphatic heterocycles. The highest BCUT2D eigenvalue weighted by atomic mass is 32.1. The van der Waals surface area contributed by atoms with Crippen LogP contribution in [-0.4, -0.2) is 31.1 Å². The molecular weight excluding hydrogens is 324 g/mol. The second-order valence-electron chi connectivity index (χ2n) is 6.12. The van der Waals surface area contributed by atoms with E-state index in [0.29, 0.717) is 36.2 Å². The van der Waals surface area contributed by atoms with Crippen molar-refractivity contribution in [3.05, 3.63) is 16.5 Å². The van der Waals surface area contributed by atoms with Gasteiger partial charge >= 0.3 is 5.97 Å². The van der Waals surface area contributed by atoms with Gasteiger partial charge in [0.05, 0.1) is 12.2 Å². The largest absolute Gasteiger partial charge is 0.462 e. The summed E-state index contributed by atoms with van der Waals surface area (Å²) in [5, 5.41) is 6.95. The molecule has 0 unspecified atom stereocenters. The highest BCUT2D eigenvalue weighted by molar-refractivity contribution is 7.16. The molecule has 0 saturated heterocycles. The highest BCUT2D eigenvalue weighted by Crippen LogP contribution is 2.29. The third kappa shape index (κ3) is 5.60. The van der Waals surface area contributed by atoms with Gasteiger partial charge in [-0.2, -0.15) is 0 Å². The second kappa shape index (κ2) is 9.79. The van der Waals surface area contributed by atoms with Crippen molar-refractivity contribution in [2.24, 2.45) is 0 Å². The van der Waals surface area contributed by atoms with Crippen LogP contribution in [0.15, 0.2) is 6.07 Å². The summed E-state index contributed by atoms with van der Waals surface area (Å²) in [6.07, 6.45) is 7.55. The molecule has 1 aliphatic carbocycles. The van der Waals surface area contributed by atoms with E-state index in [1.54, 1.807) is 6.92 Å². The minimum atomic E-state index is -0.371. The van der Waals surface area contributed by atoms with Gasteiger partial charge in [-0.1, -0.05) is 26.2 Å². The van der Waals surface area contributed by atoms with Crippen LogP contribution in [0, 0.1) is 0 Å². The Hall–Kier alpha value is -1.40. The first-order valence-corrected chi connectivity index (χ1v) is 9.78. The van der Waals surface area contributed by atoms with Crippen LogP contribution in [0.3, 0.4) is 0 Å². The molecule has 6 heteroatoms. The normalized spacial score (nSPS) is 15.2. The predicted octanol–water partition coefficient (Wildman–Crippen LogP) is 3.74. The fourth-order valence-electron chi connectivity index (χ4n) is 2.96. The Labute approximate surface area is 148 Å². The van der Waals surface area contributed by atoms with Gasteiger partial charge in [0.1, 0.15) is 5.00 Å². The zero-order chi connectivity index (χ0) is 17.4. The molecule has 0 bridgehead atoms. The van der Waals surface area contributed by atoms with E-state index in [0.717, 1.165) is 11.3 Å². The number of carbonyl (C=O) groups is 2. The number of esters is 1. The Balaban J connectivity index is 1.85. The molecule has 1 amide bonds. The van der Waals surface area contributed by atoms with Crippen molar-refractivity contribution in [3.8, 4) is 0 Å². The molecule has 2 N–H and O–H groups in total. The SMILES string of the molecule is CCOC(=O)c1cc(CC)sc1NC(=O)CCNC1CCCCC1. The number of ether oxygens (including phenoxy) is 1. The lowest BCUT2D eigenvalue weighted by Crippen LogP contribution is -2.33. The zero-order valence-corrected chi connectivity index (χ0v) is 15.5. The number of thiophene rings is 1.